The van der Waals surface area contributed by atoms with Crippen molar-refractivity contribution in [3.8, 4) is 0 Å². The lowest BCUT2D eigenvalue weighted by Gasteiger charge is -2.36. The Bertz CT molecular complexity index is 368. The molecule has 0 bridgehead atoms. The van der Waals surface area contributed by atoms with Gasteiger partial charge in [-0.1, -0.05) is 45.4 Å². The second-order valence-electron chi connectivity index (χ2n) is 6.11. The minimum atomic E-state index is 0.511. The Kier molecular flexibility index (Phi) is 3.76. The van der Waals surface area contributed by atoms with Crippen molar-refractivity contribution in [3.63, 3.8) is 0 Å². The van der Waals surface area contributed by atoms with Crippen LogP contribution in [0.3, 0.4) is 0 Å². The summed E-state index contributed by atoms with van der Waals surface area (Å²) in [5.41, 5.74) is 3.30. The Morgan fingerprint density at radius 2 is 2.06 bits per heavy atom. The zero-order valence-electron chi connectivity index (χ0n) is 11.4. The van der Waals surface area contributed by atoms with Crippen LogP contribution >= 0.6 is 0 Å². The van der Waals surface area contributed by atoms with E-state index in [2.05, 4.69) is 50.4 Å². The van der Waals surface area contributed by atoms with Crippen molar-refractivity contribution in [1.82, 2.24) is 0 Å². The van der Waals surface area contributed by atoms with Gasteiger partial charge in [0, 0.05) is 11.7 Å². The molecule has 0 aliphatic heterocycles. The molecule has 1 atom stereocenters. The van der Waals surface area contributed by atoms with Crippen molar-refractivity contribution < 1.29 is 0 Å². The van der Waals surface area contributed by atoms with Gasteiger partial charge >= 0.3 is 0 Å². The van der Waals surface area contributed by atoms with Gasteiger partial charge in [-0.25, -0.2) is 0 Å². The first-order valence-corrected chi connectivity index (χ1v) is 6.95. The number of rotatable bonds is 3. The quantitative estimate of drug-likeness (QED) is 0.799. The number of aryl methyl sites for hydroxylation is 1. The van der Waals surface area contributed by atoms with Gasteiger partial charge in [0.1, 0.15) is 0 Å². The summed E-state index contributed by atoms with van der Waals surface area (Å²) in [6.45, 7) is 7.02. The third-order valence-electron chi connectivity index (χ3n) is 3.96. The smallest absolute Gasteiger partial charge is 0.0374 e. The molecule has 1 unspecified atom stereocenters. The fourth-order valence-electron chi connectivity index (χ4n) is 3.01. The predicted molar refractivity (Wildman–Crippen MR) is 75.5 cm³/mol. The molecule has 0 aromatic heterocycles. The summed E-state index contributed by atoms with van der Waals surface area (Å²) < 4.78 is 0. The summed E-state index contributed by atoms with van der Waals surface area (Å²) in [7, 11) is 0. The molecule has 2 rings (SSSR count). The molecule has 1 heteroatoms. The van der Waals surface area contributed by atoms with Crippen molar-refractivity contribution in [3.05, 3.63) is 29.8 Å². The highest BCUT2D eigenvalue weighted by Gasteiger charge is 2.27. The molecule has 94 valence electrons. The highest BCUT2D eigenvalue weighted by Crippen LogP contribution is 2.36. The lowest BCUT2D eigenvalue weighted by atomic mass is 9.75. The van der Waals surface area contributed by atoms with Crippen molar-refractivity contribution in [2.24, 2.45) is 5.41 Å². The van der Waals surface area contributed by atoms with Gasteiger partial charge in [0.05, 0.1) is 0 Å². The molecule has 17 heavy (non-hydrogen) atoms. The van der Waals surface area contributed by atoms with Crippen LogP contribution < -0.4 is 5.32 Å². The summed E-state index contributed by atoms with van der Waals surface area (Å²) in [6.07, 6.45) is 6.46. The lowest BCUT2D eigenvalue weighted by Crippen LogP contribution is -2.32. The van der Waals surface area contributed by atoms with E-state index in [4.69, 9.17) is 0 Å². The van der Waals surface area contributed by atoms with Crippen LogP contribution in [-0.4, -0.2) is 6.04 Å². The zero-order chi connectivity index (χ0) is 12.3. The molecule has 1 aromatic rings. The van der Waals surface area contributed by atoms with Crippen molar-refractivity contribution in [2.45, 2.75) is 58.9 Å². The van der Waals surface area contributed by atoms with E-state index in [-0.39, 0.29) is 0 Å². The fourth-order valence-corrected chi connectivity index (χ4v) is 3.01. The van der Waals surface area contributed by atoms with E-state index in [0.717, 1.165) is 6.42 Å². The average Bonchev–Trinajstić information content (AvgIpc) is 2.28. The van der Waals surface area contributed by atoms with E-state index >= 15 is 0 Å². The normalized spacial score (nSPS) is 23.4. The first-order valence-electron chi connectivity index (χ1n) is 6.95. The van der Waals surface area contributed by atoms with Gasteiger partial charge in [0.15, 0.2) is 0 Å². The summed E-state index contributed by atoms with van der Waals surface area (Å²) in [4.78, 5) is 0. The molecule has 1 saturated carbocycles. The molecule has 0 spiro atoms. The maximum atomic E-state index is 3.76. The second-order valence-corrected chi connectivity index (χ2v) is 6.11. The number of hydrogen-bond donors (Lipinski definition) is 1. The third-order valence-corrected chi connectivity index (χ3v) is 3.96. The van der Waals surface area contributed by atoms with Crippen LogP contribution in [0.25, 0.3) is 0 Å². The Balaban J connectivity index is 2.05. The van der Waals surface area contributed by atoms with Crippen LogP contribution in [0, 0.1) is 5.41 Å². The lowest BCUT2D eigenvalue weighted by molar-refractivity contribution is 0.229. The van der Waals surface area contributed by atoms with Gasteiger partial charge in [-0.15, -0.1) is 0 Å². The Morgan fingerprint density at radius 3 is 2.76 bits per heavy atom. The summed E-state index contributed by atoms with van der Waals surface area (Å²) in [5, 5.41) is 3.76. The van der Waals surface area contributed by atoms with Gasteiger partial charge in [-0.2, -0.15) is 0 Å². The summed E-state index contributed by atoms with van der Waals surface area (Å²) in [6, 6.07) is 9.38. The van der Waals surface area contributed by atoms with Gasteiger partial charge in [-0.3, -0.25) is 0 Å². The molecular weight excluding hydrogens is 206 g/mol. The van der Waals surface area contributed by atoms with Gasteiger partial charge in [0.2, 0.25) is 0 Å². The first kappa shape index (κ1) is 12.5. The van der Waals surface area contributed by atoms with Crippen LogP contribution in [0.1, 0.15) is 52.0 Å². The molecule has 0 heterocycles. The van der Waals surface area contributed by atoms with Crippen LogP contribution in [0.2, 0.25) is 0 Å². The average molecular weight is 231 g/mol. The Morgan fingerprint density at radius 1 is 1.29 bits per heavy atom. The highest BCUT2D eigenvalue weighted by atomic mass is 14.9. The van der Waals surface area contributed by atoms with E-state index in [9.17, 15) is 0 Å². The molecular formula is C16H25N. The Hall–Kier alpha value is -0.980. The van der Waals surface area contributed by atoms with Crippen LogP contribution in [0.5, 0.6) is 0 Å². The number of hydrogen-bond acceptors (Lipinski definition) is 1. The maximum Gasteiger partial charge on any atom is 0.0374 e. The standard InChI is InChI=1S/C16H25N/c1-4-13-8-5-6-10-15(13)17-14-9-7-11-16(2,3)12-14/h5-6,8,10,14,17H,4,7,9,11-12H2,1-3H3. The van der Waals surface area contributed by atoms with Gasteiger partial charge < -0.3 is 5.32 Å². The molecule has 1 aliphatic rings. The van der Waals surface area contributed by atoms with Crippen LogP contribution in [0.4, 0.5) is 5.69 Å². The fraction of sp³-hybridized carbons (Fsp3) is 0.625. The molecule has 0 amide bonds. The van der Waals surface area contributed by atoms with Crippen LogP contribution in [0.15, 0.2) is 24.3 Å². The topological polar surface area (TPSA) is 12.0 Å². The molecule has 0 saturated heterocycles. The third kappa shape index (κ3) is 3.24. The van der Waals surface area contributed by atoms with Gasteiger partial charge in [0.25, 0.3) is 0 Å². The largest absolute Gasteiger partial charge is 0.382 e. The Labute approximate surface area is 106 Å². The number of anilines is 1. The number of nitrogens with one attached hydrogen (secondary N) is 1. The molecule has 1 aromatic carbocycles. The minimum Gasteiger partial charge on any atom is -0.382 e. The van der Waals surface area contributed by atoms with E-state index in [1.807, 2.05) is 0 Å². The molecule has 1 fully saturated rings. The maximum absolute atomic E-state index is 3.76. The summed E-state index contributed by atoms with van der Waals surface area (Å²) in [5.74, 6) is 0. The number of para-hydroxylation sites is 1. The van der Waals surface area contributed by atoms with Crippen LogP contribution in [-0.2, 0) is 6.42 Å². The zero-order valence-corrected chi connectivity index (χ0v) is 11.4. The summed E-state index contributed by atoms with van der Waals surface area (Å²) >= 11 is 0. The van der Waals surface area contributed by atoms with E-state index in [0.29, 0.717) is 11.5 Å². The van der Waals surface area contributed by atoms with E-state index in [1.54, 1.807) is 0 Å². The minimum absolute atomic E-state index is 0.511. The van der Waals surface area contributed by atoms with Crippen molar-refractivity contribution >= 4 is 5.69 Å². The highest BCUT2D eigenvalue weighted by molar-refractivity contribution is 5.51. The predicted octanol–water partition coefficient (Wildman–Crippen LogP) is 4.63. The van der Waals surface area contributed by atoms with Crippen molar-refractivity contribution in [2.75, 3.05) is 5.32 Å². The monoisotopic (exact) mass is 231 g/mol. The number of benzene rings is 1. The SMILES string of the molecule is CCc1ccccc1NC1CCCC(C)(C)C1. The van der Waals surface area contributed by atoms with E-state index < -0.39 is 0 Å². The first-order chi connectivity index (χ1) is 8.11. The van der Waals surface area contributed by atoms with Crippen molar-refractivity contribution in [1.29, 1.82) is 0 Å². The molecule has 1 aliphatic carbocycles. The van der Waals surface area contributed by atoms with Gasteiger partial charge in [-0.05, 0) is 42.7 Å². The second kappa shape index (κ2) is 5.12. The molecule has 0 radical (unpaired) electrons. The molecule has 1 nitrogen and oxygen atoms in total. The van der Waals surface area contributed by atoms with E-state index in [1.165, 1.54) is 36.9 Å². The molecule has 1 N–H and O–H groups in total.